The van der Waals surface area contributed by atoms with E-state index in [1.165, 1.54) is 14.2 Å². The van der Waals surface area contributed by atoms with Gasteiger partial charge in [0, 0.05) is 5.56 Å². The summed E-state index contributed by atoms with van der Waals surface area (Å²) in [5.74, 6) is -0.122. The van der Waals surface area contributed by atoms with E-state index in [2.05, 4.69) is 5.43 Å². The van der Waals surface area contributed by atoms with Crippen molar-refractivity contribution in [1.29, 1.82) is 0 Å². The maximum absolute atomic E-state index is 14.0. The highest BCUT2D eigenvalue weighted by atomic mass is 16.5. The van der Waals surface area contributed by atoms with E-state index in [1.54, 1.807) is 97.1 Å². The van der Waals surface area contributed by atoms with Crippen molar-refractivity contribution < 1.29 is 24.2 Å². The van der Waals surface area contributed by atoms with Gasteiger partial charge in [-0.25, -0.2) is 5.01 Å². The van der Waals surface area contributed by atoms with E-state index >= 15 is 0 Å². The molecule has 0 unspecified atom stereocenters. The highest BCUT2D eigenvalue weighted by Gasteiger charge is 2.42. The number of rotatable bonds is 7. The minimum Gasteiger partial charge on any atom is -0.497 e. The van der Waals surface area contributed by atoms with E-state index in [-0.39, 0.29) is 0 Å². The zero-order chi connectivity index (χ0) is 26.4. The summed E-state index contributed by atoms with van der Waals surface area (Å²) in [7, 11) is 3.07. The number of nitrogens with zero attached hydrogens (tertiary/aromatic N) is 1. The summed E-state index contributed by atoms with van der Waals surface area (Å²) in [6.07, 6.45) is 0. The number of carbonyl (C=O) groups excluding carboxylic acids is 2. The van der Waals surface area contributed by atoms with Crippen LogP contribution in [0.25, 0.3) is 0 Å². The van der Waals surface area contributed by atoms with Crippen molar-refractivity contribution in [3.8, 4) is 11.5 Å². The molecule has 7 nitrogen and oxygen atoms in total. The highest BCUT2D eigenvalue weighted by Crippen LogP contribution is 2.33. The minimum atomic E-state index is -2.14. The van der Waals surface area contributed by atoms with Crippen LogP contribution in [0.1, 0.15) is 27.0 Å². The number of benzene rings is 4. The van der Waals surface area contributed by atoms with Crippen LogP contribution in [0.5, 0.6) is 11.5 Å². The Morgan fingerprint density at radius 2 is 1.30 bits per heavy atom. The second-order valence-electron chi connectivity index (χ2n) is 8.45. The Labute approximate surface area is 215 Å². The molecule has 0 fully saturated rings. The summed E-state index contributed by atoms with van der Waals surface area (Å²) in [6.45, 7) is 1.89. The summed E-state index contributed by atoms with van der Waals surface area (Å²) >= 11 is 0. The lowest BCUT2D eigenvalue weighted by Crippen LogP contribution is -2.54. The van der Waals surface area contributed by atoms with E-state index < -0.39 is 17.4 Å². The second kappa shape index (κ2) is 11.0. The van der Waals surface area contributed by atoms with Crippen LogP contribution in [0.4, 0.5) is 5.69 Å². The summed E-state index contributed by atoms with van der Waals surface area (Å²) in [5, 5.41) is 13.2. The number of aryl methyl sites for hydroxylation is 1. The maximum atomic E-state index is 14.0. The van der Waals surface area contributed by atoms with Gasteiger partial charge < -0.3 is 14.6 Å². The Bertz CT molecular complexity index is 1320. The molecule has 37 heavy (non-hydrogen) atoms. The van der Waals surface area contributed by atoms with Crippen LogP contribution < -0.4 is 19.9 Å². The Kier molecular flexibility index (Phi) is 7.55. The lowest BCUT2D eigenvalue weighted by Gasteiger charge is -2.32. The van der Waals surface area contributed by atoms with Crippen LogP contribution in [0.3, 0.4) is 0 Å². The molecule has 4 rings (SSSR count). The Morgan fingerprint density at radius 3 is 1.78 bits per heavy atom. The van der Waals surface area contributed by atoms with Gasteiger partial charge in [-0.2, -0.15) is 0 Å². The summed E-state index contributed by atoms with van der Waals surface area (Å²) < 4.78 is 10.5. The Hall–Kier alpha value is -4.62. The molecular formula is C30H28N2O5. The zero-order valence-corrected chi connectivity index (χ0v) is 20.8. The minimum absolute atomic E-state index is 0.298. The van der Waals surface area contributed by atoms with E-state index in [9.17, 15) is 14.7 Å². The first-order chi connectivity index (χ1) is 17.9. The molecule has 188 valence electrons. The number of methoxy groups -OCH3 is 2. The van der Waals surface area contributed by atoms with Gasteiger partial charge in [-0.05, 0) is 72.1 Å². The van der Waals surface area contributed by atoms with Crippen molar-refractivity contribution in [2.45, 2.75) is 12.5 Å². The van der Waals surface area contributed by atoms with Crippen molar-refractivity contribution in [2.75, 3.05) is 19.2 Å². The van der Waals surface area contributed by atoms with Crippen molar-refractivity contribution in [3.05, 3.63) is 125 Å². The van der Waals surface area contributed by atoms with Crippen LogP contribution >= 0.6 is 0 Å². The van der Waals surface area contributed by atoms with Crippen LogP contribution in [-0.2, 0) is 10.4 Å². The van der Waals surface area contributed by atoms with Gasteiger partial charge in [0.15, 0.2) is 5.60 Å². The third-order valence-corrected chi connectivity index (χ3v) is 6.04. The molecule has 0 radical (unpaired) electrons. The van der Waals surface area contributed by atoms with E-state index in [0.717, 1.165) is 10.6 Å². The third kappa shape index (κ3) is 5.32. The summed E-state index contributed by atoms with van der Waals surface area (Å²) in [6, 6.07) is 28.9. The number of aliphatic hydroxyl groups is 1. The van der Waals surface area contributed by atoms with Gasteiger partial charge in [0.25, 0.3) is 11.8 Å². The number of hydrazine groups is 1. The predicted octanol–water partition coefficient (Wildman–Crippen LogP) is 4.63. The first-order valence-corrected chi connectivity index (χ1v) is 11.7. The van der Waals surface area contributed by atoms with Gasteiger partial charge in [0.2, 0.25) is 0 Å². The average Bonchev–Trinajstić information content (AvgIpc) is 2.95. The fraction of sp³-hybridized carbons (Fsp3) is 0.133. The van der Waals surface area contributed by atoms with Gasteiger partial charge in [0.1, 0.15) is 11.5 Å². The number of carbonyl (C=O) groups is 2. The van der Waals surface area contributed by atoms with Gasteiger partial charge in [0.05, 0.1) is 19.9 Å². The maximum Gasteiger partial charge on any atom is 0.280 e. The number of nitrogens with one attached hydrogen (secondary N) is 1. The lowest BCUT2D eigenvalue weighted by atomic mass is 9.85. The van der Waals surface area contributed by atoms with Gasteiger partial charge in [-0.15, -0.1) is 0 Å². The number of hydrogen-bond acceptors (Lipinski definition) is 5. The molecule has 0 atom stereocenters. The van der Waals surface area contributed by atoms with E-state index in [1.807, 2.05) is 13.0 Å². The molecule has 4 aromatic carbocycles. The van der Waals surface area contributed by atoms with Gasteiger partial charge >= 0.3 is 0 Å². The number of ether oxygens (including phenoxy) is 2. The molecule has 0 spiro atoms. The molecule has 4 aromatic rings. The summed E-state index contributed by atoms with van der Waals surface area (Å²) in [5.41, 5.74) is 2.87. The first kappa shape index (κ1) is 25.5. The Balaban J connectivity index is 1.80. The molecule has 0 aromatic heterocycles. The van der Waals surface area contributed by atoms with E-state index in [4.69, 9.17) is 9.47 Å². The van der Waals surface area contributed by atoms with E-state index in [0.29, 0.717) is 33.9 Å². The zero-order valence-electron chi connectivity index (χ0n) is 20.8. The third-order valence-electron chi connectivity index (χ3n) is 6.04. The largest absolute Gasteiger partial charge is 0.497 e. The smallest absolute Gasteiger partial charge is 0.280 e. The first-order valence-electron chi connectivity index (χ1n) is 11.7. The van der Waals surface area contributed by atoms with Gasteiger partial charge in [-0.3, -0.25) is 15.0 Å². The monoisotopic (exact) mass is 496 g/mol. The molecule has 0 bridgehead atoms. The Morgan fingerprint density at radius 1 is 0.757 bits per heavy atom. The van der Waals surface area contributed by atoms with Gasteiger partial charge in [-0.1, -0.05) is 54.6 Å². The van der Waals surface area contributed by atoms with Crippen LogP contribution in [0, 0.1) is 6.92 Å². The van der Waals surface area contributed by atoms with Crippen molar-refractivity contribution >= 4 is 17.5 Å². The second-order valence-corrected chi connectivity index (χ2v) is 8.45. The molecule has 0 heterocycles. The molecular weight excluding hydrogens is 468 g/mol. The van der Waals surface area contributed by atoms with Crippen molar-refractivity contribution in [3.63, 3.8) is 0 Å². The lowest BCUT2D eigenvalue weighted by molar-refractivity contribution is -0.136. The highest BCUT2D eigenvalue weighted by molar-refractivity contribution is 6.08. The molecule has 0 aliphatic rings. The van der Waals surface area contributed by atoms with Crippen molar-refractivity contribution in [1.82, 2.24) is 5.43 Å². The molecule has 0 saturated carbocycles. The quantitative estimate of drug-likeness (QED) is 0.365. The molecule has 0 aliphatic heterocycles. The fourth-order valence-corrected chi connectivity index (χ4v) is 3.99. The fourth-order valence-electron chi connectivity index (χ4n) is 3.99. The summed E-state index contributed by atoms with van der Waals surface area (Å²) in [4.78, 5) is 27.5. The topological polar surface area (TPSA) is 88.1 Å². The van der Waals surface area contributed by atoms with Crippen LogP contribution in [0.15, 0.2) is 103 Å². The van der Waals surface area contributed by atoms with Crippen LogP contribution in [-0.4, -0.2) is 31.1 Å². The standard InChI is InChI=1S/C30H28N2O5/c1-21-8-7-11-25(20-21)32(28(33)22-9-5-4-6-10-22)31-29(34)30(35,23-12-16-26(36-2)17-13-23)24-14-18-27(37-3)19-15-24/h4-20,35H,1-3H3,(H,31,34). The normalized spacial score (nSPS) is 10.9. The molecule has 0 aliphatic carbocycles. The molecule has 2 amide bonds. The molecule has 7 heteroatoms. The average molecular weight is 497 g/mol. The molecule has 0 saturated heterocycles. The number of amides is 2. The number of anilines is 1. The van der Waals surface area contributed by atoms with Crippen LogP contribution in [0.2, 0.25) is 0 Å². The molecule has 2 N–H and O–H groups in total. The van der Waals surface area contributed by atoms with Crippen molar-refractivity contribution in [2.24, 2.45) is 0 Å². The SMILES string of the molecule is COc1ccc(C(O)(C(=O)NN(C(=O)c2ccccc2)c2cccc(C)c2)c2ccc(OC)cc2)cc1. The predicted molar refractivity (Wildman–Crippen MR) is 142 cm³/mol. The number of hydrogen-bond donors (Lipinski definition) is 2.